The van der Waals surface area contributed by atoms with Crippen molar-refractivity contribution in [1.82, 2.24) is 4.98 Å². The van der Waals surface area contributed by atoms with Crippen molar-refractivity contribution in [2.24, 2.45) is 0 Å². The summed E-state index contributed by atoms with van der Waals surface area (Å²) in [7, 11) is -7.76. The monoisotopic (exact) mass is 448 g/mol. The van der Waals surface area contributed by atoms with Crippen molar-refractivity contribution in [2.75, 3.05) is 9.44 Å². The van der Waals surface area contributed by atoms with E-state index in [0.29, 0.717) is 0 Å². The molecular formula is C18H16N4O6S2. The fourth-order valence-electron chi connectivity index (χ4n) is 2.52. The summed E-state index contributed by atoms with van der Waals surface area (Å²) in [4.78, 5) is 14.0. The average Bonchev–Trinajstić information content (AvgIpc) is 2.68. The Kier molecular flexibility index (Phi) is 5.99. The largest absolute Gasteiger partial charge is 0.283 e. The van der Waals surface area contributed by atoms with Gasteiger partial charge in [-0.3, -0.25) is 19.6 Å². The van der Waals surface area contributed by atoms with Gasteiger partial charge in [-0.2, -0.15) is 0 Å². The van der Waals surface area contributed by atoms with Crippen LogP contribution in [0.4, 0.5) is 17.2 Å². The number of sulfonamides is 2. The second-order valence-electron chi connectivity index (χ2n) is 6.13. The Morgan fingerprint density at radius 3 is 2.27 bits per heavy atom. The van der Waals surface area contributed by atoms with Gasteiger partial charge in [0.05, 0.1) is 15.6 Å². The summed E-state index contributed by atoms with van der Waals surface area (Å²) in [5, 5.41) is 10.8. The van der Waals surface area contributed by atoms with Crippen LogP contribution in [0.1, 0.15) is 5.56 Å². The van der Waals surface area contributed by atoms with E-state index in [1.54, 1.807) is 12.1 Å². The van der Waals surface area contributed by atoms with E-state index < -0.39 is 30.7 Å². The maximum atomic E-state index is 12.4. The minimum atomic E-state index is -3.89. The van der Waals surface area contributed by atoms with Crippen LogP contribution in [-0.2, 0) is 25.8 Å². The Bertz CT molecular complexity index is 1260. The van der Waals surface area contributed by atoms with Gasteiger partial charge in [-0.15, -0.1) is 0 Å². The fraction of sp³-hybridized carbons (Fsp3) is 0.0556. The first kappa shape index (κ1) is 21.2. The molecule has 3 aromatic rings. The zero-order valence-electron chi connectivity index (χ0n) is 15.3. The number of anilines is 2. The summed E-state index contributed by atoms with van der Waals surface area (Å²) in [6.45, 7) is 0. The van der Waals surface area contributed by atoms with Gasteiger partial charge >= 0.3 is 0 Å². The van der Waals surface area contributed by atoms with E-state index in [9.17, 15) is 26.9 Å². The van der Waals surface area contributed by atoms with E-state index in [1.165, 1.54) is 60.8 Å². The molecule has 3 rings (SSSR count). The lowest BCUT2D eigenvalue weighted by Crippen LogP contribution is -2.16. The molecule has 0 aliphatic rings. The zero-order valence-corrected chi connectivity index (χ0v) is 16.9. The van der Waals surface area contributed by atoms with Crippen molar-refractivity contribution in [3.8, 4) is 0 Å². The molecule has 0 radical (unpaired) electrons. The highest BCUT2D eigenvalue weighted by Gasteiger charge is 2.17. The molecule has 0 spiro atoms. The third kappa shape index (κ3) is 5.52. The van der Waals surface area contributed by atoms with Gasteiger partial charge in [-0.05, 0) is 42.0 Å². The van der Waals surface area contributed by atoms with Crippen molar-refractivity contribution in [2.45, 2.75) is 10.6 Å². The normalized spacial score (nSPS) is 11.6. The molecule has 0 aliphatic carbocycles. The van der Waals surface area contributed by atoms with Crippen LogP contribution in [0.25, 0.3) is 0 Å². The van der Waals surface area contributed by atoms with Crippen LogP contribution in [0.3, 0.4) is 0 Å². The van der Waals surface area contributed by atoms with E-state index in [0.717, 1.165) is 0 Å². The first-order valence-electron chi connectivity index (χ1n) is 8.42. The van der Waals surface area contributed by atoms with Gasteiger partial charge in [-0.25, -0.2) is 21.8 Å². The topological polar surface area (TPSA) is 148 Å². The molecule has 0 amide bonds. The maximum absolute atomic E-state index is 12.4. The molecule has 12 heteroatoms. The van der Waals surface area contributed by atoms with Gasteiger partial charge in [-0.1, -0.05) is 18.2 Å². The molecule has 1 heterocycles. The van der Waals surface area contributed by atoms with Crippen molar-refractivity contribution in [3.05, 3.63) is 88.6 Å². The Morgan fingerprint density at radius 1 is 0.900 bits per heavy atom. The number of benzene rings is 2. The highest BCUT2D eigenvalue weighted by molar-refractivity contribution is 7.92. The predicted molar refractivity (Wildman–Crippen MR) is 111 cm³/mol. The third-order valence-electron chi connectivity index (χ3n) is 3.82. The van der Waals surface area contributed by atoms with Gasteiger partial charge in [0.1, 0.15) is 5.82 Å². The molecule has 30 heavy (non-hydrogen) atoms. The number of hydrogen-bond donors (Lipinski definition) is 2. The molecule has 156 valence electrons. The lowest BCUT2D eigenvalue weighted by atomic mass is 10.2. The molecule has 0 saturated heterocycles. The van der Waals surface area contributed by atoms with E-state index >= 15 is 0 Å². The van der Waals surface area contributed by atoms with Crippen LogP contribution in [0.2, 0.25) is 0 Å². The number of aromatic nitrogens is 1. The molecule has 0 fully saturated rings. The maximum Gasteiger partial charge on any atom is 0.269 e. The van der Waals surface area contributed by atoms with E-state index in [-0.39, 0.29) is 27.7 Å². The number of non-ortho nitro benzene ring substituents is 1. The lowest BCUT2D eigenvalue weighted by molar-refractivity contribution is -0.384. The standard InChI is InChI=1S/C18H16N4O6S2/c23-22(24)16-5-3-4-14(12-16)13-29(25,26)20-15-7-9-17(10-8-15)30(27,28)21-18-6-1-2-11-19-18/h1-12,20H,13H2,(H,19,21). The van der Waals surface area contributed by atoms with Crippen molar-refractivity contribution >= 4 is 37.2 Å². The SMILES string of the molecule is O=[N+]([O-])c1cccc(CS(=O)(=O)Nc2ccc(S(=O)(=O)Nc3ccccn3)cc2)c1. The molecule has 2 aromatic carbocycles. The molecule has 1 aromatic heterocycles. The molecule has 0 aliphatic heterocycles. The second-order valence-corrected chi connectivity index (χ2v) is 9.54. The minimum absolute atomic E-state index is 0.0743. The summed E-state index contributed by atoms with van der Waals surface area (Å²) in [6, 6.07) is 15.2. The number of nitro groups is 1. The lowest BCUT2D eigenvalue weighted by Gasteiger charge is -2.10. The number of pyridine rings is 1. The van der Waals surface area contributed by atoms with Crippen molar-refractivity contribution in [1.29, 1.82) is 0 Å². The molecule has 0 unspecified atom stereocenters. The van der Waals surface area contributed by atoms with Gasteiger partial charge < -0.3 is 0 Å². The second kappa shape index (κ2) is 8.47. The van der Waals surface area contributed by atoms with Crippen LogP contribution < -0.4 is 9.44 Å². The number of nitrogens with one attached hydrogen (secondary N) is 2. The summed E-state index contributed by atoms with van der Waals surface area (Å²) < 4.78 is 54.1. The van der Waals surface area contributed by atoms with E-state index in [2.05, 4.69) is 14.4 Å². The predicted octanol–water partition coefficient (Wildman–Crippen LogP) is 2.73. The molecule has 0 bridgehead atoms. The van der Waals surface area contributed by atoms with Crippen molar-refractivity contribution in [3.63, 3.8) is 0 Å². The van der Waals surface area contributed by atoms with Crippen LogP contribution in [0, 0.1) is 10.1 Å². The Morgan fingerprint density at radius 2 is 1.63 bits per heavy atom. The minimum Gasteiger partial charge on any atom is -0.283 e. The Balaban J connectivity index is 1.71. The summed E-state index contributed by atoms with van der Waals surface area (Å²) in [5.41, 5.74) is 0.186. The van der Waals surface area contributed by atoms with Crippen LogP contribution in [-0.4, -0.2) is 26.7 Å². The number of nitro benzene ring substituents is 1. The van der Waals surface area contributed by atoms with E-state index in [4.69, 9.17) is 0 Å². The van der Waals surface area contributed by atoms with Crippen LogP contribution in [0.15, 0.2) is 77.8 Å². The zero-order chi connectivity index (χ0) is 21.8. The summed E-state index contributed by atoms with van der Waals surface area (Å²) in [6.07, 6.45) is 1.44. The molecule has 0 atom stereocenters. The van der Waals surface area contributed by atoms with Gasteiger partial charge in [0.15, 0.2) is 0 Å². The molecular weight excluding hydrogens is 432 g/mol. The first-order valence-corrected chi connectivity index (χ1v) is 11.6. The fourth-order valence-corrected chi connectivity index (χ4v) is 4.71. The smallest absolute Gasteiger partial charge is 0.269 e. The van der Waals surface area contributed by atoms with Crippen LogP contribution >= 0.6 is 0 Å². The first-order chi connectivity index (χ1) is 14.1. The van der Waals surface area contributed by atoms with Gasteiger partial charge in [0, 0.05) is 24.0 Å². The summed E-state index contributed by atoms with van der Waals surface area (Å²) >= 11 is 0. The van der Waals surface area contributed by atoms with Crippen molar-refractivity contribution < 1.29 is 21.8 Å². The van der Waals surface area contributed by atoms with Gasteiger partial charge in [0.2, 0.25) is 10.0 Å². The van der Waals surface area contributed by atoms with Gasteiger partial charge in [0.25, 0.3) is 15.7 Å². The quantitative estimate of drug-likeness (QED) is 0.397. The van der Waals surface area contributed by atoms with Crippen LogP contribution in [0.5, 0.6) is 0 Å². The number of hydrogen-bond acceptors (Lipinski definition) is 7. The van der Waals surface area contributed by atoms with E-state index in [1.807, 2.05) is 0 Å². The highest BCUT2D eigenvalue weighted by Crippen LogP contribution is 2.20. The molecule has 10 nitrogen and oxygen atoms in total. The Hall–Kier alpha value is -3.51. The summed E-state index contributed by atoms with van der Waals surface area (Å²) in [5.74, 6) is -0.324. The number of rotatable bonds is 8. The Labute approximate surface area is 172 Å². The molecule has 0 saturated carbocycles. The third-order valence-corrected chi connectivity index (χ3v) is 6.45. The average molecular weight is 448 g/mol. The number of nitrogens with zero attached hydrogens (tertiary/aromatic N) is 2. The highest BCUT2D eigenvalue weighted by atomic mass is 32.2. The molecule has 2 N–H and O–H groups in total.